The molecule has 0 aliphatic carbocycles. The number of aryl methyl sites for hydroxylation is 1. The molecule has 120 valence electrons. The molecule has 0 aliphatic heterocycles. The SMILES string of the molecule is Cc1csc2nc(CSCCOc3ccc(F)cc3)cc(=O)n12. The first-order valence-electron chi connectivity index (χ1n) is 7.06. The molecule has 7 heteroatoms. The van der Waals surface area contributed by atoms with Crippen LogP contribution in [0.25, 0.3) is 4.96 Å². The molecule has 2 heterocycles. The normalized spacial score (nSPS) is 11.0. The molecule has 0 atom stereocenters. The number of benzene rings is 1. The lowest BCUT2D eigenvalue weighted by atomic mass is 10.3. The van der Waals surface area contributed by atoms with E-state index >= 15 is 0 Å². The minimum Gasteiger partial charge on any atom is -0.493 e. The van der Waals surface area contributed by atoms with Crippen molar-refractivity contribution in [2.75, 3.05) is 12.4 Å². The second-order valence-electron chi connectivity index (χ2n) is 4.94. The van der Waals surface area contributed by atoms with Gasteiger partial charge in [-0.25, -0.2) is 9.37 Å². The van der Waals surface area contributed by atoms with Crippen LogP contribution in [-0.4, -0.2) is 21.7 Å². The molecule has 4 nitrogen and oxygen atoms in total. The van der Waals surface area contributed by atoms with E-state index < -0.39 is 0 Å². The van der Waals surface area contributed by atoms with Crippen LogP contribution < -0.4 is 10.3 Å². The average Bonchev–Trinajstić information content (AvgIpc) is 2.90. The Morgan fingerprint density at radius 3 is 2.91 bits per heavy atom. The van der Waals surface area contributed by atoms with Gasteiger partial charge in [0, 0.05) is 28.6 Å². The Kier molecular flexibility index (Phi) is 4.97. The number of ether oxygens (including phenoxy) is 1. The van der Waals surface area contributed by atoms with Gasteiger partial charge in [0.05, 0.1) is 12.3 Å². The topological polar surface area (TPSA) is 43.6 Å². The maximum absolute atomic E-state index is 12.8. The Morgan fingerprint density at radius 1 is 1.35 bits per heavy atom. The molecule has 0 N–H and O–H groups in total. The molecule has 1 aromatic carbocycles. The number of thioether (sulfide) groups is 1. The summed E-state index contributed by atoms with van der Waals surface area (Å²) in [6.45, 7) is 2.42. The number of aromatic nitrogens is 2. The quantitative estimate of drug-likeness (QED) is 0.638. The van der Waals surface area contributed by atoms with E-state index in [1.54, 1.807) is 34.4 Å². The summed E-state index contributed by atoms with van der Waals surface area (Å²) in [5.74, 6) is 1.80. The van der Waals surface area contributed by atoms with Crippen LogP contribution in [0.5, 0.6) is 5.75 Å². The molecule has 0 aliphatic rings. The Balaban J connectivity index is 1.51. The van der Waals surface area contributed by atoms with Gasteiger partial charge in [0.2, 0.25) is 0 Å². The second kappa shape index (κ2) is 7.14. The Hall–Kier alpha value is -1.86. The Bertz CT molecular complexity index is 859. The van der Waals surface area contributed by atoms with Crippen molar-refractivity contribution in [1.82, 2.24) is 9.38 Å². The van der Waals surface area contributed by atoms with Gasteiger partial charge in [-0.05, 0) is 31.2 Å². The Morgan fingerprint density at radius 2 is 2.13 bits per heavy atom. The van der Waals surface area contributed by atoms with Crippen molar-refractivity contribution in [3.63, 3.8) is 0 Å². The number of rotatable bonds is 6. The van der Waals surface area contributed by atoms with Gasteiger partial charge >= 0.3 is 0 Å². The highest BCUT2D eigenvalue weighted by atomic mass is 32.2. The summed E-state index contributed by atoms with van der Waals surface area (Å²) in [5, 5.41) is 1.93. The zero-order valence-corrected chi connectivity index (χ0v) is 14.1. The van der Waals surface area contributed by atoms with Gasteiger partial charge in [0.15, 0.2) is 4.96 Å². The smallest absolute Gasteiger partial charge is 0.258 e. The van der Waals surface area contributed by atoms with Gasteiger partial charge in [-0.3, -0.25) is 9.20 Å². The largest absolute Gasteiger partial charge is 0.493 e. The van der Waals surface area contributed by atoms with Crippen LogP contribution in [-0.2, 0) is 5.75 Å². The number of hydrogen-bond acceptors (Lipinski definition) is 5. The van der Waals surface area contributed by atoms with Crippen molar-refractivity contribution in [3.8, 4) is 5.75 Å². The van der Waals surface area contributed by atoms with Gasteiger partial charge < -0.3 is 4.74 Å². The summed E-state index contributed by atoms with van der Waals surface area (Å²) in [6, 6.07) is 7.54. The van der Waals surface area contributed by atoms with E-state index in [0.717, 1.165) is 22.1 Å². The number of nitrogens with zero attached hydrogens (tertiary/aromatic N) is 2. The first kappa shape index (κ1) is 16.0. The van der Waals surface area contributed by atoms with Gasteiger partial charge in [0.25, 0.3) is 5.56 Å². The molecule has 0 amide bonds. The standard InChI is InChI=1S/C16H15FN2O2S2/c1-11-9-23-16-18-13(8-15(20)19(11)16)10-22-7-6-21-14-4-2-12(17)3-5-14/h2-5,8-9H,6-7,10H2,1H3. The zero-order valence-electron chi connectivity index (χ0n) is 12.5. The van der Waals surface area contributed by atoms with E-state index in [2.05, 4.69) is 4.98 Å². The summed E-state index contributed by atoms with van der Waals surface area (Å²) in [6.07, 6.45) is 0. The van der Waals surface area contributed by atoms with Crippen LogP contribution in [0.1, 0.15) is 11.4 Å². The lowest BCUT2D eigenvalue weighted by molar-refractivity contribution is 0.343. The molecule has 0 unspecified atom stereocenters. The molecule has 3 rings (SSSR count). The van der Waals surface area contributed by atoms with Crippen molar-refractivity contribution in [3.05, 3.63) is 63.3 Å². The predicted molar refractivity (Wildman–Crippen MR) is 92.1 cm³/mol. The van der Waals surface area contributed by atoms with E-state index in [-0.39, 0.29) is 11.4 Å². The highest BCUT2D eigenvalue weighted by molar-refractivity contribution is 7.98. The van der Waals surface area contributed by atoms with Gasteiger partial charge in [-0.2, -0.15) is 11.8 Å². The molecule has 0 saturated carbocycles. The van der Waals surface area contributed by atoms with E-state index in [0.29, 0.717) is 18.1 Å². The monoisotopic (exact) mass is 350 g/mol. The van der Waals surface area contributed by atoms with Crippen molar-refractivity contribution >= 4 is 28.1 Å². The number of halogens is 1. The predicted octanol–water partition coefficient (Wildman–Crippen LogP) is 3.52. The van der Waals surface area contributed by atoms with Gasteiger partial charge in [-0.1, -0.05) is 0 Å². The molecule has 23 heavy (non-hydrogen) atoms. The molecule has 2 aromatic heterocycles. The number of fused-ring (bicyclic) bond motifs is 1. The van der Waals surface area contributed by atoms with E-state index in [1.807, 2.05) is 12.3 Å². The highest BCUT2D eigenvalue weighted by Crippen LogP contribution is 2.15. The highest BCUT2D eigenvalue weighted by Gasteiger charge is 2.06. The van der Waals surface area contributed by atoms with Crippen molar-refractivity contribution in [1.29, 1.82) is 0 Å². The minimum atomic E-state index is -0.275. The summed E-state index contributed by atoms with van der Waals surface area (Å²) in [7, 11) is 0. The molecule has 0 fully saturated rings. The van der Waals surface area contributed by atoms with Crippen molar-refractivity contribution < 1.29 is 9.13 Å². The third kappa shape index (κ3) is 3.92. The van der Waals surface area contributed by atoms with E-state index in [1.165, 1.54) is 23.5 Å². The summed E-state index contributed by atoms with van der Waals surface area (Å²) in [5.41, 5.74) is 1.66. The summed E-state index contributed by atoms with van der Waals surface area (Å²) in [4.78, 5) is 17.3. The lowest BCUT2D eigenvalue weighted by Crippen LogP contribution is -2.14. The third-order valence-electron chi connectivity index (χ3n) is 3.19. The summed E-state index contributed by atoms with van der Waals surface area (Å²) < 4.78 is 19.9. The van der Waals surface area contributed by atoms with Crippen LogP contribution >= 0.6 is 23.1 Å². The van der Waals surface area contributed by atoms with Crippen molar-refractivity contribution in [2.24, 2.45) is 0 Å². The molecular formula is C16H15FN2O2S2. The lowest BCUT2D eigenvalue weighted by Gasteiger charge is -2.06. The van der Waals surface area contributed by atoms with Crippen LogP contribution in [0.2, 0.25) is 0 Å². The zero-order chi connectivity index (χ0) is 16.2. The number of thiazole rings is 1. The van der Waals surface area contributed by atoms with E-state index in [4.69, 9.17) is 4.74 Å². The average molecular weight is 350 g/mol. The second-order valence-corrected chi connectivity index (χ2v) is 6.88. The molecule has 0 spiro atoms. The molecule has 0 radical (unpaired) electrons. The van der Waals surface area contributed by atoms with Crippen LogP contribution in [0.15, 0.2) is 40.5 Å². The van der Waals surface area contributed by atoms with Crippen LogP contribution in [0.3, 0.4) is 0 Å². The maximum atomic E-state index is 12.8. The van der Waals surface area contributed by atoms with Crippen molar-refractivity contribution in [2.45, 2.75) is 12.7 Å². The number of hydrogen-bond donors (Lipinski definition) is 0. The first-order valence-corrected chi connectivity index (χ1v) is 9.10. The van der Waals surface area contributed by atoms with Gasteiger partial charge in [0.1, 0.15) is 11.6 Å². The van der Waals surface area contributed by atoms with Crippen LogP contribution in [0.4, 0.5) is 4.39 Å². The fourth-order valence-electron chi connectivity index (χ4n) is 2.10. The molecular weight excluding hydrogens is 335 g/mol. The minimum absolute atomic E-state index is 0.0353. The first-order chi connectivity index (χ1) is 11.1. The molecule has 0 bridgehead atoms. The summed E-state index contributed by atoms with van der Waals surface area (Å²) >= 11 is 3.12. The fourth-order valence-corrected chi connectivity index (χ4v) is 3.69. The van der Waals surface area contributed by atoms with E-state index in [9.17, 15) is 9.18 Å². The molecule has 3 aromatic rings. The van der Waals surface area contributed by atoms with Gasteiger partial charge in [-0.15, -0.1) is 11.3 Å². The molecule has 0 saturated heterocycles. The fraction of sp³-hybridized carbons (Fsp3) is 0.250. The maximum Gasteiger partial charge on any atom is 0.258 e. The Labute approximate surface area is 141 Å². The third-order valence-corrected chi connectivity index (χ3v) is 5.09. The van der Waals surface area contributed by atoms with Crippen LogP contribution in [0, 0.1) is 12.7 Å².